The average molecular weight is 538 g/mol. The molecule has 1 atom stereocenters. The standard InChI is InChI=1S/C23H34N6O.HI/c1-3-24-23(25-14-20-16-29-17(2)8-7-11-21(29)26-20)27-19-12-13-28(15-19)22(30)18-9-5-4-6-10-18;/h7-8,11,16,18-19H,3-6,9-10,12-15H2,1-2H3,(H2,24,25,27);1H. The first-order valence-electron chi connectivity index (χ1n) is 11.4. The van der Waals surface area contributed by atoms with Crippen LogP contribution in [-0.2, 0) is 11.3 Å². The monoisotopic (exact) mass is 538 g/mol. The van der Waals surface area contributed by atoms with E-state index in [1.165, 1.54) is 19.3 Å². The van der Waals surface area contributed by atoms with Crippen LogP contribution in [0.15, 0.2) is 29.4 Å². The van der Waals surface area contributed by atoms with Gasteiger partial charge in [-0.3, -0.25) is 4.79 Å². The van der Waals surface area contributed by atoms with Crippen LogP contribution >= 0.6 is 24.0 Å². The van der Waals surface area contributed by atoms with E-state index in [2.05, 4.69) is 51.0 Å². The number of nitrogens with zero attached hydrogens (tertiary/aromatic N) is 4. The SMILES string of the molecule is CCNC(=NCc1cn2c(C)cccc2n1)NC1CCN(C(=O)C2CCCCC2)C1.I. The molecule has 0 radical (unpaired) electrons. The van der Waals surface area contributed by atoms with Gasteiger partial charge >= 0.3 is 0 Å². The number of aromatic nitrogens is 2. The van der Waals surface area contributed by atoms with Gasteiger partial charge in [0.15, 0.2) is 5.96 Å². The molecule has 2 fully saturated rings. The van der Waals surface area contributed by atoms with Crippen LogP contribution in [0.4, 0.5) is 0 Å². The molecule has 0 bridgehead atoms. The topological polar surface area (TPSA) is 74.0 Å². The minimum Gasteiger partial charge on any atom is -0.357 e. The van der Waals surface area contributed by atoms with E-state index in [1.54, 1.807) is 0 Å². The second-order valence-corrected chi connectivity index (χ2v) is 8.57. The summed E-state index contributed by atoms with van der Waals surface area (Å²) in [4.78, 5) is 24.3. The van der Waals surface area contributed by atoms with Gasteiger partial charge in [-0.2, -0.15) is 0 Å². The molecular weight excluding hydrogens is 503 g/mol. The van der Waals surface area contributed by atoms with Crippen LogP contribution in [0.3, 0.4) is 0 Å². The largest absolute Gasteiger partial charge is 0.357 e. The van der Waals surface area contributed by atoms with Gasteiger partial charge < -0.3 is 19.9 Å². The molecule has 1 aliphatic heterocycles. The van der Waals surface area contributed by atoms with E-state index in [9.17, 15) is 4.79 Å². The van der Waals surface area contributed by atoms with E-state index in [4.69, 9.17) is 4.99 Å². The molecule has 1 aliphatic carbocycles. The third kappa shape index (κ3) is 5.90. The van der Waals surface area contributed by atoms with E-state index in [-0.39, 0.29) is 35.9 Å². The van der Waals surface area contributed by atoms with Crippen LogP contribution in [-0.4, -0.2) is 51.8 Å². The van der Waals surface area contributed by atoms with Crippen molar-refractivity contribution in [3.8, 4) is 0 Å². The van der Waals surface area contributed by atoms with Crippen molar-refractivity contribution in [2.75, 3.05) is 19.6 Å². The molecule has 0 aromatic carbocycles. The Bertz CT molecular complexity index is 905. The molecule has 2 N–H and O–H groups in total. The van der Waals surface area contributed by atoms with E-state index in [0.717, 1.165) is 61.9 Å². The van der Waals surface area contributed by atoms with E-state index < -0.39 is 0 Å². The Morgan fingerprint density at radius 2 is 2.03 bits per heavy atom. The molecule has 8 heteroatoms. The fourth-order valence-electron chi connectivity index (χ4n) is 4.63. The van der Waals surface area contributed by atoms with Crippen LogP contribution in [0.25, 0.3) is 5.65 Å². The van der Waals surface area contributed by atoms with Gasteiger partial charge in [0.25, 0.3) is 0 Å². The van der Waals surface area contributed by atoms with Gasteiger partial charge in [0.05, 0.1) is 12.2 Å². The first-order chi connectivity index (χ1) is 14.6. The van der Waals surface area contributed by atoms with Gasteiger partial charge in [-0.1, -0.05) is 25.3 Å². The molecule has 2 aromatic heterocycles. The smallest absolute Gasteiger partial charge is 0.225 e. The van der Waals surface area contributed by atoms with Crippen LogP contribution in [0, 0.1) is 12.8 Å². The summed E-state index contributed by atoms with van der Waals surface area (Å²) in [6.45, 7) is 7.08. The summed E-state index contributed by atoms with van der Waals surface area (Å²) in [5, 5.41) is 6.86. The molecular formula is C23H35IN6O. The number of aliphatic imine (C=N–C) groups is 1. The summed E-state index contributed by atoms with van der Waals surface area (Å²) in [6.07, 6.45) is 8.83. The Kier molecular flexibility index (Phi) is 8.57. The van der Waals surface area contributed by atoms with Crippen LogP contribution < -0.4 is 10.6 Å². The number of aryl methyl sites for hydroxylation is 1. The lowest BCUT2D eigenvalue weighted by molar-refractivity contribution is -0.135. The molecule has 7 nitrogen and oxygen atoms in total. The Labute approximate surface area is 202 Å². The van der Waals surface area contributed by atoms with Gasteiger partial charge in [-0.25, -0.2) is 9.98 Å². The van der Waals surface area contributed by atoms with E-state index >= 15 is 0 Å². The lowest BCUT2D eigenvalue weighted by Gasteiger charge is -2.26. The highest BCUT2D eigenvalue weighted by Gasteiger charge is 2.31. The molecule has 31 heavy (non-hydrogen) atoms. The number of amides is 1. The number of fused-ring (bicyclic) bond motifs is 1. The zero-order valence-corrected chi connectivity index (χ0v) is 21.0. The first kappa shape index (κ1) is 23.8. The Balaban J connectivity index is 0.00000272. The number of hydrogen-bond acceptors (Lipinski definition) is 3. The summed E-state index contributed by atoms with van der Waals surface area (Å²) in [7, 11) is 0. The predicted octanol–water partition coefficient (Wildman–Crippen LogP) is 3.50. The normalized spacial score (nSPS) is 20.0. The molecule has 1 saturated carbocycles. The van der Waals surface area contributed by atoms with E-state index in [1.807, 2.05) is 12.1 Å². The maximum absolute atomic E-state index is 12.8. The third-order valence-corrected chi connectivity index (χ3v) is 6.28. The fraction of sp³-hybridized carbons (Fsp3) is 0.609. The lowest BCUT2D eigenvalue weighted by Crippen LogP contribution is -2.45. The van der Waals surface area contributed by atoms with Crippen molar-refractivity contribution >= 4 is 41.5 Å². The second-order valence-electron chi connectivity index (χ2n) is 8.57. The van der Waals surface area contributed by atoms with Crippen LogP contribution in [0.2, 0.25) is 0 Å². The Hall–Kier alpha value is -1.84. The van der Waals surface area contributed by atoms with Gasteiger partial charge in [-0.15, -0.1) is 24.0 Å². The quantitative estimate of drug-likeness (QED) is 0.347. The average Bonchev–Trinajstić information content (AvgIpc) is 3.40. The van der Waals surface area contributed by atoms with Crippen molar-refractivity contribution in [1.29, 1.82) is 0 Å². The Morgan fingerprint density at radius 3 is 2.77 bits per heavy atom. The third-order valence-electron chi connectivity index (χ3n) is 6.28. The van der Waals surface area contributed by atoms with E-state index in [0.29, 0.717) is 12.5 Å². The minimum atomic E-state index is 0. The molecule has 1 saturated heterocycles. The highest BCUT2D eigenvalue weighted by molar-refractivity contribution is 14.0. The minimum absolute atomic E-state index is 0. The molecule has 1 unspecified atom stereocenters. The molecule has 170 valence electrons. The number of carbonyl (C=O) groups excluding carboxylic acids is 1. The Morgan fingerprint density at radius 1 is 1.23 bits per heavy atom. The molecule has 4 rings (SSSR count). The van der Waals surface area contributed by atoms with Crippen molar-refractivity contribution in [3.63, 3.8) is 0 Å². The molecule has 2 aliphatic rings. The van der Waals surface area contributed by atoms with Gasteiger partial charge in [-0.05, 0) is 45.2 Å². The summed E-state index contributed by atoms with van der Waals surface area (Å²) < 4.78 is 2.09. The molecule has 3 heterocycles. The number of carbonyl (C=O) groups is 1. The van der Waals surface area contributed by atoms with Gasteiger partial charge in [0.2, 0.25) is 5.91 Å². The van der Waals surface area contributed by atoms with Crippen LogP contribution in [0.1, 0.15) is 56.8 Å². The number of likely N-dealkylation sites (tertiary alicyclic amines) is 1. The number of nitrogens with one attached hydrogen (secondary N) is 2. The van der Waals surface area contributed by atoms with Crippen molar-refractivity contribution < 1.29 is 4.79 Å². The summed E-state index contributed by atoms with van der Waals surface area (Å²) in [6, 6.07) is 6.36. The first-order valence-corrected chi connectivity index (χ1v) is 11.4. The number of rotatable bonds is 5. The maximum Gasteiger partial charge on any atom is 0.225 e. The maximum atomic E-state index is 12.8. The molecule has 2 aromatic rings. The summed E-state index contributed by atoms with van der Waals surface area (Å²) in [5.74, 6) is 1.40. The number of imidazole rings is 1. The van der Waals surface area contributed by atoms with Crippen LogP contribution in [0.5, 0.6) is 0 Å². The highest BCUT2D eigenvalue weighted by atomic mass is 127. The second kappa shape index (κ2) is 11.2. The number of halogens is 1. The number of hydrogen-bond donors (Lipinski definition) is 2. The summed E-state index contributed by atoms with van der Waals surface area (Å²) >= 11 is 0. The lowest BCUT2D eigenvalue weighted by atomic mass is 9.88. The predicted molar refractivity (Wildman–Crippen MR) is 135 cm³/mol. The fourth-order valence-corrected chi connectivity index (χ4v) is 4.63. The summed E-state index contributed by atoms with van der Waals surface area (Å²) in [5.41, 5.74) is 3.06. The van der Waals surface area contributed by atoms with Crippen molar-refractivity contribution in [1.82, 2.24) is 24.9 Å². The number of guanidine groups is 1. The van der Waals surface area contributed by atoms with Crippen molar-refractivity contribution in [2.45, 2.75) is 65.0 Å². The molecule has 1 amide bonds. The van der Waals surface area contributed by atoms with Crippen molar-refractivity contribution in [3.05, 3.63) is 35.8 Å². The van der Waals surface area contributed by atoms with Crippen molar-refractivity contribution in [2.24, 2.45) is 10.9 Å². The zero-order chi connectivity index (χ0) is 20.9. The van der Waals surface area contributed by atoms with Gasteiger partial charge in [0.1, 0.15) is 5.65 Å². The van der Waals surface area contributed by atoms with Gasteiger partial charge in [0, 0.05) is 43.5 Å². The number of pyridine rings is 1. The highest BCUT2D eigenvalue weighted by Crippen LogP contribution is 2.26. The zero-order valence-electron chi connectivity index (χ0n) is 18.6. The molecule has 0 spiro atoms.